The lowest BCUT2D eigenvalue weighted by atomic mass is 9.85. The molecule has 0 radical (unpaired) electrons. The minimum absolute atomic E-state index is 0.0444. The number of aryl methyl sites for hydroxylation is 1. The molecule has 0 saturated heterocycles. The van der Waals surface area contributed by atoms with Gasteiger partial charge in [-0.2, -0.15) is 9.78 Å². The van der Waals surface area contributed by atoms with E-state index in [9.17, 15) is 13.6 Å². The lowest BCUT2D eigenvalue weighted by Gasteiger charge is -2.24. The molecule has 28 heavy (non-hydrogen) atoms. The highest BCUT2D eigenvalue weighted by Gasteiger charge is 2.36. The fourth-order valence-electron chi connectivity index (χ4n) is 3.73. The molecular formula is C20H14F2N4OS. The maximum Gasteiger partial charge on any atom is 0.226 e. The number of nitrogens with one attached hydrogen (secondary N) is 1. The van der Waals surface area contributed by atoms with E-state index in [0.29, 0.717) is 22.2 Å². The Labute approximate surface area is 162 Å². The zero-order chi connectivity index (χ0) is 19.4. The largest absolute Gasteiger partial charge is 0.310 e. The number of amides is 1. The Balaban J connectivity index is 1.72. The Bertz CT molecular complexity index is 1190. The summed E-state index contributed by atoms with van der Waals surface area (Å²) in [6.45, 7) is 1.77. The first-order valence-corrected chi connectivity index (χ1v) is 9.54. The Morgan fingerprint density at radius 2 is 1.86 bits per heavy atom. The average molecular weight is 396 g/mol. The SMILES string of the molecule is Cc1nn(-c2nc3ccccc3s2)c2c1[C@@H](c1c(F)cccc1F)CC(=O)N2. The van der Waals surface area contributed by atoms with E-state index in [1.165, 1.54) is 29.5 Å². The minimum Gasteiger partial charge on any atom is -0.310 e. The van der Waals surface area contributed by atoms with Gasteiger partial charge in [0.15, 0.2) is 0 Å². The number of benzene rings is 2. The quantitative estimate of drug-likeness (QED) is 0.541. The third kappa shape index (κ3) is 2.52. The second kappa shape index (κ2) is 6.20. The van der Waals surface area contributed by atoms with Crippen LogP contribution >= 0.6 is 11.3 Å². The van der Waals surface area contributed by atoms with Crippen LogP contribution in [0.5, 0.6) is 0 Å². The van der Waals surface area contributed by atoms with E-state index in [1.54, 1.807) is 11.6 Å². The first kappa shape index (κ1) is 17.0. The number of para-hydroxylation sites is 1. The third-order valence-corrected chi connectivity index (χ3v) is 5.93. The third-order valence-electron chi connectivity index (χ3n) is 4.91. The fraction of sp³-hybridized carbons (Fsp3) is 0.150. The monoisotopic (exact) mass is 396 g/mol. The topological polar surface area (TPSA) is 59.8 Å². The molecule has 1 aliphatic heterocycles. The summed E-state index contributed by atoms with van der Waals surface area (Å²) in [4.78, 5) is 17.0. The zero-order valence-electron chi connectivity index (χ0n) is 14.7. The number of nitrogens with zero attached hydrogens (tertiary/aromatic N) is 3. The van der Waals surface area contributed by atoms with Crippen LogP contribution in [0.15, 0.2) is 42.5 Å². The fourth-order valence-corrected chi connectivity index (χ4v) is 4.65. The van der Waals surface area contributed by atoms with E-state index in [2.05, 4.69) is 15.4 Å². The predicted molar refractivity (Wildman–Crippen MR) is 103 cm³/mol. The first-order chi connectivity index (χ1) is 13.5. The lowest BCUT2D eigenvalue weighted by Crippen LogP contribution is -2.26. The maximum absolute atomic E-state index is 14.4. The van der Waals surface area contributed by atoms with E-state index < -0.39 is 17.6 Å². The van der Waals surface area contributed by atoms with Gasteiger partial charge in [0.1, 0.15) is 17.5 Å². The highest BCUT2D eigenvalue weighted by molar-refractivity contribution is 7.20. The summed E-state index contributed by atoms with van der Waals surface area (Å²) in [5.74, 6) is -1.98. The molecular weight excluding hydrogens is 382 g/mol. The van der Waals surface area contributed by atoms with Crippen molar-refractivity contribution in [2.24, 2.45) is 0 Å². The van der Waals surface area contributed by atoms with Crippen LogP contribution in [-0.2, 0) is 4.79 Å². The molecule has 5 nitrogen and oxygen atoms in total. The van der Waals surface area contributed by atoms with Gasteiger partial charge in [-0.25, -0.2) is 13.8 Å². The van der Waals surface area contributed by atoms with Crippen LogP contribution in [0.25, 0.3) is 15.3 Å². The molecule has 8 heteroatoms. The van der Waals surface area contributed by atoms with Gasteiger partial charge in [-0.15, -0.1) is 0 Å². The van der Waals surface area contributed by atoms with Crippen molar-refractivity contribution < 1.29 is 13.6 Å². The summed E-state index contributed by atoms with van der Waals surface area (Å²) < 4.78 is 31.4. The molecule has 1 aliphatic rings. The molecule has 3 heterocycles. The summed E-state index contributed by atoms with van der Waals surface area (Å²) in [7, 11) is 0. The van der Waals surface area contributed by atoms with E-state index in [0.717, 1.165) is 10.2 Å². The van der Waals surface area contributed by atoms with Crippen LogP contribution in [0.3, 0.4) is 0 Å². The van der Waals surface area contributed by atoms with Crippen molar-refractivity contribution in [2.75, 3.05) is 5.32 Å². The summed E-state index contributed by atoms with van der Waals surface area (Å²) in [6, 6.07) is 11.4. The molecule has 0 spiro atoms. The number of anilines is 1. The molecule has 0 aliphatic carbocycles. The highest BCUT2D eigenvalue weighted by Crippen LogP contribution is 2.42. The van der Waals surface area contributed by atoms with Crippen LogP contribution in [0.1, 0.15) is 29.2 Å². The second-order valence-corrected chi connectivity index (χ2v) is 7.67. The Hall–Kier alpha value is -3.13. The number of thiazole rings is 1. The van der Waals surface area contributed by atoms with Crippen LogP contribution in [0, 0.1) is 18.6 Å². The molecule has 2 aromatic carbocycles. The van der Waals surface area contributed by atoms with Gasteiger partial charge in [0, 0.05) is 23.5 Å². The molecule has 2 aromatic heterocycles. The van der Waals surface area contributed by atoms with Crippen molar-refractivity contribution in [1.29, 1.82) is 0 Å². The van der Waals surface area contributed by atoms with Crippen molar-refractivity contribution in [3.8, 4) is 5.13 Å². The normalized spacial score (nSPS) is 16.2. The molecule has 0 unspecified atom stereocenters. The van der Waals surface area contributed by atoms with Gasteiger partial charge in [0.2, 0.25) is 11.0 Å². The van der Waals surface area contributed by atoms with Gasteiger partial charge < -0.3 is 5.32 Å². The van der Waals surface area contributed by atoms with Crippen LogP contribution < -0.4 is 5.32 Å². The zero-order valence-corrected chi connectivity index (χ0v) is 15.6. The number of hydrogen-bond donors (Lipinski definition) is 1. The number of hydrogen-bond acceptors (Lipinski definition) is 4. The van der Waals surface area contributed by atoms with E-state index in [1.807, 2.05) is 24.3 Å². The number of halogens is 2. The molecule has 0 fully saturated rings. The van der Waals surface area contributed by atoms with Gasteiger partial charge in [-0.1, -0.05) is 29.5 Å². The van der Waals surface area contributed by atoms with Gasteiger partial charge in [0.25, 0.3) is 0 Å². The summed E-state index contributed by atoms with van der Waals surface area (Å²) >= 11 is 1.43. The van der Waals surface area contributed by atoms with Crippen LogP contribution in [0.4, 0.5) is 14.6 Å². The van der Waals surface area contributed by atoms with Gasteiger partial charge in [-0.3, -0.25) is 4.79 Å². The highest BCUT2D eigenvalue weighted by atomic mass is 32.1. The van der Waals surface area contributed by atoms with Gasteiger partial charge in [0.05, 0.1) is 15.9 Å². The van der Waals surface area contributed by atoms with Crippen molar-refractivity contribution >= 4 is 33.3 Å². The average Bonchev–Trinajstić information content (AvgIpc) is 3.22. The van der Waals surface area contributed by atoms with E-state index in [-0.39, 0.29) is 17.9 Å². The molecule has 1 atom stereocenters. The van der Waals surface area contributed by atoms with Crippen molar-refractivity contribution in [3.05, 3.63) is 70.9 Å². The van der Waals surface area contributed by atoms with Gasteiger partial charge in [-0.05, 0) is 31.2 Å². The Morgan fingerprint density at radius 1 is 1.11 bits per heavy atom. The number of aromatic nitrogens is 3. The van der Waals surface area contributed by atoms with Crippen molar-refractivity contribution in [2.45, 2.75) is 19.3 Å². The first-order valence-electron chi connectivity index (χ1n) is 8.72. The smallest absolute Gasteiger partial charge is 0.226 e. The second-order valence-electron chi connectivity index (χ2n) is 6.66. The lowest BCUT2D eigenvalue weighted by molar-refractivity contribution is -0.116. The molecule has 140 valence electrons. The minimum atomic E-state index is -0.743. The van der Waals surface area contributed by atoms with Crippen LogP contribution in [-0.4, -0.2) is 20.7 Å². The van der Waals surface area contributed by atoms with E-state index >= 15 is 0 Å². The number of carbonyl (C=O) groups excluding carboxylic acids is 1. The molecule has 1 amide bonds. The summed E-state index contributed by atoms with van der Waals surface area (Å²) in [5.41, 5.74) is 1.93. The number of fused-ring (bicyclic) bond motifs is 2. The van der Waals surface area contributed by atoms with Gasteiger partial charge >= 0.3 is 0 Å². The Kier molecular flexibility index (Phi) is 3.77. The van der Waals surface area contributed by atoms with Crippen molar-refractivity contribution in [1.82, 2.24) is 14.8 Å². The summed E-state index contributed by atoms with van der Waals surface area (Å²) in [5, 5.41) is 7.93. The summed E-state index contributed by atoms with van der Waals surface area (Å²) in [6.07, 6.45) is -0.0444. The molecule has 1 N–H and O–H groups in total. The van der Waals surface area contributed by atoms with E-state index in [4.69, 9.17) is 0 Å². The van der Waals surface area contributed by atoms with Crippen LogP contribution in [0.2, 0.25) is 0 Å². The number of carbonyl (C=O) groups is 1. The molecule has 4 aromatic rings. The predicted octanol–water partition coefficient (Wildman–Crippen LogP) is 4.54. The molecule has 0 bridgehead atoms. The molecule has 5 rings (SSSR count). The maximum atomic E-state index is 14.4. The number of rotatable bonds is 2. The van der Waals surface area contributed by atoms with Crippen molar-refractivity contribution in [3.63, 3.8) is 0 Å². The molecule has 0 saturated carbocycles. The standard InChI is InChI=1S/C20H14F2N4OS/c1-10-17-11(18-12(21)5-4-6-13(18)22)9-16(27)24-19(17)26(25-10)20-23-14-7-2-3-8-15(14)28-20/h2-8,11H,9H2,1H3,(H,24,27)/t11-/m0/s1. The Morgan fingerprint density at radius 3 is 2.61 bits per heavy atom.